The molecule has 2 heterocycles. The van der Waals surface area contributed by atoms with Crippen molar-refractivity contribution in [3.05, 3.63) is 136 Å². The highest BCUT2D eigenvalue weighted by atomic mass is 32.2. The lowest BCUT2D eigenvalue weighted by Crippen LogP contribution is -2.40. The molecular formula is C42H54N4O3S. The first-order valence-corrected chi connectivity index (χ1v) is 18.4. The van der Waals surface area contributed by atoms with Gasteiger partial charge in [-0.15, -0.1) is 0 Å². The van der Waals surface area contributed by atoms with Gasteiger partial charge in [0.05, 0.1) is 11.3 Å². The molecule has 8 heteroatoms. The number of likely N-dealkylation sites (tertiary alicyclic amines) is 1. The zero-order chi connectivity index (χ0) is 36.5. The Morgan fingerprint density at radius 2 is 1.80 bits per heavy atom. The van der Waals surface area contributed by atoms with Crippen LogP contribution in [0.1, 0.15) is 91.7 Å². The van der Waals surface area contributed by atoms with Gasteiger partial charge in [-0.05, 0) is 118 Å². The summed E-state index contributed by atoms with van der Waals surface area (Å²) in [6.07, 6.45) is 12.4. The molecule has 4 rings (SSSR count). The molecule has 0 radical (unpaired) electrons. The van der Waals surface area contributed by atoms with E-state index in [1.165, 1.54) is 16.7 Å². The van der Waals surface area contributed by atoms with Crippen molar-refractivity contribution in [3.63, 3.8) is 0 Å². The van der Waals surface area contributed by atoms with Crippen LogP contribution in [0, 0.1) is 6.92 Å². The minimum atomic E-state index is -0.884. The average molecular weight is 695 g/mol. The van der Waals surface area contributed by atoms with Crippen molar-refractivity contribution in [2.75, 3.05) is 26.8 Å². The van der Waals surface area contributed by atoms with E-state index in [1.54, 1.807) is 31.2 Å². The predicted octanol–water partition coefficient (Wildman–Crippen LogP) is 9.74. The van der Waals surface area contributed by atoms with Crippen LogP contribution in [0.15, 0.2) is 108 Å². The Bertz CT molecular complexity index is 1650. The molecule has 1 aromatic heterocycles. The molecule has 0 saturated carbocycles. The number of nitrogens with zero attached hydrogens (tertiary/aromatic N) is 3. The van der Waals surface area contributed by atoms with E-state index in [0.29, 0.717) is 29.6 Å². The number of benzene rings is 2. The molecule has 1 aliphatic heterocycles. The van der Waals surface area contributed by atoms with Crippen molar-refractivity contribution in [2.24, 2.45) is 4.99 Å². The molecule has 1 atom stereocenters. The number of carboxylic acid groups (broad SMARTS) is 1. The van der Waals surface area contributed by atoms with E-state index in [4.69, 9.17) is 9.73 Å². The lowest BCUT2D eigenvalue weighted by atomic mass is 9.88. The molecule has 0 spiro atoms. The number of piperidine rings is 1. The second-order valence-electron chi connectivity index (χ2n) is 12.1. The third-order valence-corrected chi connectivity index (χ3v) is 9.69. The molecule has 2 aromatic carbocycles. The summed E-state index contributed by atoms with van der Waals surface area (Å²) in [5.74, 6) is 1.09. The maximum Gasteiger partial charge on any atom is 0.335 e. The van der Waals surface area contributed by atoms with Gasteiger partial charge in [0.15, 0.2) is 0 Å². The van der Waals surface area contributed by atoms with Crippen molar-refractivity contribution in [1.29, 1.82) is 0 Å². The Morgan fingerprint density at radius 1 is 1.12 bits per heavy atom. The molecule has 0 amide bonds. The van der Waals surface area contributed by atoms with E-state index in [1.807, 2.05) is 63.4 Å². The summed E-state index contributed by atoms with van der Waals surface area (Å²) in [5.41, 5.74) is 8.98. The summed E-state index contributed by atoms with van der Waals surface area (Å²) in [4.78, 5) is 23.1. The normalized spacial score (nSPS) is 15.4. The van der Waals surface area contributed by atoms with Crippen LogP contribution >= 0.6 is 11.9 Å². The molecular weight excluding hydrogens is 641 g/mol. The van der Waals surface area contributed by atoms with Crippen molar-refractivity contribution in [2.45, 2.75) is 72.1 Å². The van der Waals surface area contributed by atoms with Gasteiger partial charge in [0.2, 0.25) is 0 Å². The van der Waals surface area contributed by atoms with Gasteiger partial charge in [0.1, 0.15) is 12.4 Å². The number of amidine groups is 1. The summed E-state index contributed by atoms with van der Waals surface area (Å²) >= 11 is 1.57. The minimum Gasteiger partial charge on any atom is -0.478 e. The van der Waals surface area contributed by atoms with Gasteiger partial charge in [0, 0.05) is 36.4 Å². The fourth-order valence-corrected chi connectivity index (χ4v) is 6.60. The number of allylic oxidation sites excluding steroid dienone is 4. The van der Waals surface area contributed by atoms with E-state index < -0.39 is 5.97 Å². The van der Waals surface area contributed by atoms with Gasteiger partial charge in [-0.25, -0.2) is 9.79 Å². The standard InChI is InChI=1S/C40H48N4O3S.C2H6/c1-7-33(14-13-29(3)42-39(26-47-6)43-48-27-32-11-9-8-10-12-32)37-19-22-41-30(4)38(37)25-28(2)31(5)44-23-20-35(21-24-44)34-15-17-36(18-16-34)40(45)46;1-2/h7-19,22,25,31,35H,3,20-21,23-24,26-27H2,1-2,4-6H3,(H,42,43)(H,45,46);1-2H3/b14-13-,28-25+,33-7+;. The van der Waals surface area contributed by atoms with E-state index in [9.17, 15) is 9.90 Å². The maximum atomic E-state index is 11.2. The number of aromatic carboxylic acids is 1. The first-order chi connectivity index (χ1) is 24.2. The number of ether oxygens (including phenoxy) is 1. The molecule has 2 N–H and O–H groups in total. The number of aliphatic imine (C=N–C) groups is 1. The Hall–Kier alpha value is -4.24. The summed E-state index contributed by atoms with van der Waals surface area (Å²) in [5, 5.41) is 9.23. The van der Waals surface area contributed by atoms with Gasteiger partial charge in [-0.1, -0.05) is 86.7 Å². The summed E-state index contributed by atoms with van der Waals surface area (Å²) in [7, 11) is 1.66. The highest BCUT2D eigenvalue weighted by molar-refractivity contribution is 7.97. The topological polar surface area (TPSA) is 87.1 Å². The summed E-state index contributed by atoms with van der Waals surface area (Å²) in [6, 6.07) is 20.0. The number of carbonyl (C=O) groups is 1. The molecule has 50 heavy (non-hydrogen) atoms. The number of hydrogen-bond acceptors (Lipinski definition) is 6. The van der Waals surface area contributed by atoms with Crippen LogP contribution in [-0.4, -0.2) is 59.6 Å². The van der Waals surface area contributed by atoms with Crippen LogP contribution in [0.4, 0.5) is 0 Å². The summed E-state index contributed by atoms with van der Waals surface area (Å²) < 4.78 is 8.69. The Morgan fingerprint density at radius 3 is 2.42 bits per heavy atom. The number of nitrogens with one attached hydrogen (secondary N) is 1. The number of aromatic nitrogens is 1. The monoisotopic (exact) mass is 694 g/mol. The Labute approximate surface area is 304 Å². The number of hydrogen-bond donors (Lipinski definition) is 2. The lowest BCUT2D eigenvalue weighted by Gasteiger charge is -2.37. The number of methoxy groups -OCH3 is 1. The fraction of sp³-hybridized carbons (Fsp3) is 0.357. The molecule has 1 fully saturated rings. The third-order valence-electron chi connectivity index (χ3n) is 8.84. The largest absolute Gasteiger partial charge is 0.478 e. The molecule has 0 bridgehead atoms. The van der Waals surface area contributed by atoms with Gasteiger partial charge >= 0.3 is 5.97 Å². The van der Waals surface area contributed by atoms with Crippen molar-refractivity contribution < 1.29 is 14.6 Å². The molecule has 1 saturated heterocycles. The fourth-order valence-electron chi connectivity index (χ4n) is 5.90. The summed E-state index contributed by atoms with van der Waals surface area (Å²) in [6.45, 7) is 19.1. The number of pyridine rings is 1. The zero-order valence-electron chi connectivity index (χ0n) is 30.8. The minimum absolute atomic E-state index is 0.276. The zero-order valence-corrected chi connectivity index (χ0v) is 31.6. The van der Waals surface area contributed by atoms with Crippen LogP contribution in [0.25, 0.3) is 11.6 Å². The van der Waals surface area contributed by atoms with Gasteiger partial charge in [0.25, 0.3) is 0 Å². The first kappa shape index (κ1) is 40.2. The van der Waals surface area contributed by atoms with E-state index in [0.717, 1.165) is 54.1 Å². The quantitative estimate of drug-likeness (QED) is 0.0752. The molecule has 266 valence electrons. The van der Waals surface area contributed by atoms with Crippen LogP contribution in [-0.2, 0) is 10.5 Å². The second-order valence-corrected chi connectivity index (χ2v) is 12.9. The van der Waals surface area contributed by atoms with Crippen LogP contribution in [0.2, 0.25) is 0 Å². The number of carboxylic acids is 1. The van der Waals surface area contributed by atoms with Crippen molar-refractivity contribution in [1.82, 2.24) is 14.6 Å². The highest BCUT2D eigenvalue weighted by Gasteiger charge is 2.25. The highest BCUT2D eigenvalue weighted by Crippen LogP contribution is 2.31. The van der Waals surface area contributed by atoms with E-state index in [2.05, 4.69) is 78.4 Å². The SMILES string of the molecule is C=C(/C=C\C(=C/C)c1ccnc(C)c1/C=C(\C)C(C)N1CCC(c2ccc(C(=O)O)cc2)CC1)N=C(COC)NSCc1ccccc1.CC. The van der Waals surface area contributed by atoms with Gasteiger partial charge in [-0.3, -0.25) is 9.88 Å². The van der Waals surface area contributed by atoms with Crippen LogP contribution < -0.4 is 4.72 Å². The lowest BCUT2D eigenvalue weighted by molar-refractivity contribution is 0.0697. The molecule has 1 aliphatic rings. The van der Waals surface area contributed by atoms with Gasteiger partial charge in [-0.2, -0.15) is 0 Å². The van der Waals surface area contributed by atoms with Crippen molar-refractivity contribution >= 4 is 35.4 Å². The Kier molecular flexibility index (Phi) is 16.9. The average Bonchev–Trinajstić information content (AvgIpc) is 3.14. The number of rotatable bonds is 14. The maximum absolute atomic E-state index is 11.2. The van der Waals surface area contributed by atoms with Crippen LogP contribution in [0.5, 0.6) is 0 Å². The predicted molar refractivity (Wildman–Crippen MR) is 212 cm³/mol. The smallest absolute Gasteiger partial charge is 0.335 e. The molecule has 3 aromatic rings. The van der Waals surface area contributed by atoms with Gasteiger partial charge < -0.3 is 14.6 Å². The third kappa shape index (κ3) is 12.0. The van der Waals surface area contributed by atoms with E-state index in [-0.39, 0.29) is 6.04 Å². The molecule has 7 nitrogen and oxygen atoms in total. The van der Waals surface area contributed by atoms with Crippen molar-refractivity contribution in [3.8, 4) is 0 Å². The molecule has 0 aliphatic carbocycles. The first-order valence-electron chi connectivity index (χ1n) is 17.4. The number of aryl methyl sites for hydroxylation is 1. The Balaban J connectivity index is 0.00000332. The second kappa shape index (κ2) is 21.1. The van der Waals surface area contributed by atoms with Crippen LogP contribution in [0.3, 0.4) is 0 Å². The molecule has 1 unspecified atom stereocenters. The van der Waals surface area contributed by atoms with E-state index >= 15 is 0 Å².